The van der Waals surface area contributed by atoms with E-state index < -0.39 is 0 Å². The van der Waals surface area contributed by atoms with Gasteiger partial charge >= 0.3 is 6.03 Å². The molecule has 0 radical (unpaired) electrons. The summed E-state index contributed by atoms with van der Waals surface area (Å²) in [7, 11) is 0. The van der Waals surface area contributed by atoms with Crippen molar-refractivity contribution in [1.82, 2.24) is 16.0 Å². The third kappa shape index (κ3) is 8.33. The molecule has 0 heterocycles. The molecule has 1 aromatic carbocycles. The van der Waals surface area contributed by atoms with Crippen molar-refractivity contribution in [3.63, 3.8) is 0 Å². The smallest absolute Gasteiger partial charge is 0.315 e. The molecule has 150 valence electrons. The van der Waals surface area contributed by atoms with E-state index in [4.69, 9.17) is 4.74 Å². The Balaban J connectivity index is 1.60. The Hall–Kier alpha value is -2.24. The third-order valence-electron chi connectivity index (χ3n) is 4.62. The van der Waals surface area contributed by atoms with Crippen LogP contribution in [0.25, 0.3) is 0 Å². The van der Waals surface area contributed by atoms with Crippen molar-refractivity contribution >= 4 is 11.9 Å². The van der Waals surface area contributed by atoms with Crippen molar-refractivity contribution in [2.24, 2.45) is 0 Å². The van der Waals surface area contributed by atoms with Crippen molar-refractivity contribution in [3.05, 3.63) is 29.8 Å². The second-order valence-electron chi connectivity index (χ2n) is 7.39. The molecular weight excluding hydrogens is 342 g/mol. The number of urea groups is 1. The first-order chi connectivity index (χ1) is 13.0. The van der Waals surface area contributed by atoms with Crippen LogP contribution in [0.15, 0.2) is 24.3 Å². The number of para-hydroxylation sites is 1. The second-order valence-corrected chi connectivity index (χ2v) is 7.39. The number of carbonyl (C=O) groups is 2. The average molecular weight is 376 g/mol. The highest BCUT2D eigenvalue weighted by Gasteiger charge is 2.15. The highest BCUT2D eigenvalue weighted by Crippen LogP contribution is 2.19. The van der Waals surface area contributed by atoms with Crippen LogP contribution in [0.3, 0.4) is 0 Å². The van der Waals surface area contributed by atoms with Gasteiger partial charge in [0.15, 0.2) is 0 Å². The summed E-state index contributed by atoms with van der Waals surface area (Å²) in [5.74, 6) is 0.776. The van der Waals surface area contributed by atoms with Crippen LogP contribution in [0.2, 0.25) is 0 Å². The van der Waals surface area contributed by atoms with Crippen molar-refractivity contribution in [2.45, 2.75) is 77.5 Å². The molecule has 1 aromatic rings. The Morgan fingerprint density at radius 1 is 1.11 bits per heavy atom. The lowest BCUT2D eigenvalue weighted by molar-refractivity contribution is -0.121. The maximum Gasteiger partial charge on any atom is 0.315 e. The fraction of sp³-hybridized carbons (Fsp3) is 0.619. The molecule has 3 N–H and O–H groups in total. The van der Waals surface area contributed by atoms with Gasteiger partial charge in [-0.25, -0.2) is 4.79 Å². The fourth-order valence-electron chi connectivity index (χ4n) is 3.24. The lowest BCUT2D eigenvalue weighted by atomic mass is 9.96. The van der Waals surface area contributed by atoms with Crippen LogP contribution in [-0.4, -0.2) is 30.6 Å². The molecule has 2 rings (SSSR count). The summed E-state index contributed by atoms with van der Waals surface area (Å²) in [4.78, 5) is 23.9. The second kappa shape index (κ2) is 11.5. The lowest BCUT2D eigenvalue weighted by Crippen LogP contribution is -2.43. The van der Waals surface area contributed by atoms with Gasteiger partial charge in [0.1, 0.15) is 5.75 Å². The Morgan fingerprint density at radius 2 is 1.85 bits per heavy atom. The zero-order chi connectivity index (χ0) is 19.5. The number of hydrogen-bond donors (Lipinski definition) is 3. The zero-order valence-electron chi connectivity index (χ0n) is 16.6. The van der Waals surface area contributed by atoms with Gasteiger partial charge in [-0.15, -0.1) is 0 Å². The number of benzene rings is 1. The predicted molar refractivity (Wildman–Crippen MR) is 107 cm³/mol. The fourth-order valence-corrected chi connectivity index (χ4v) is 3.24. The average Bonchev–Trinajstić information content (AvgIpc) is 2.65. The largest absolute Gasteiger partial charge is 0.491 e. The van der Waals surface area contributed by atoms with Gasteiger partial charge in [0, 0.05) is 31.1 Å². The zero-order valence-corrected chi connectivity index (χ0v) is 16.6. The van der Waals surface area contributed by atoms with Crippen molar-refractivity contribution in [2.75, 3.05) is 6.54 Å². The topological polar surface area (TPSA) is 79.5 Å². The van der Waals surface area contributed by atoms with Gasteiger partial charge in [0.25, 0.3) is 0 Å². The summed E-state index contributed by atoms with van der Waals surface area (Å²) in [6.07, 6.45) is 6.88. The highest BCUT2D eigenvalue weighted by molar-refractivity contribution is 5.76. The molecule has 0 aliphatic heterocycles. The van der Waals surface area contributed by atoms with E-state index in [0.29, 0.717) is 32.0 Å². The van der Waals surface area contributed by atoms with Crippen molar-refractivity contribution < 1.29 is 14.3 Å². The molecule has 1 fully saturated rings. The first kappa shape index (κ1) is 21.1. The van der Waals surface area contributed by atoms with Crippen molar-refractivity contribution in [3.8, 4) is 5.75 Å². The number of carbonyl (C=O) groups excluding carboxylic acids is 2. The first-order valence-electron chi connectivity index (χ1n) is 10.1. The monoisotopic (exact) mass is 375 g/mol. The van der Waals surface area contributed by atoms with Crippen LogP contribution < -0.4 is 20.7 Å². The first-order valence-corrected chi connectivity index (χ1v) is 10.1. The minimum Gasteiger partial charge on any atom is -0.491 e. The van der Waals surface area contributed by atoms with Gasteiger partial charge in [-0.1, -0.05) is 37.5 Å². The summed E-state index contributed by atoms with van der Waals surface area (Å²) < 4.78 is 5.76. The van der Waals surface area contributed by atoms with Crippen LogP contribution in [0.4, 0.5) is 4.79 Å². The molecule has 3 amide bonds. The molecule has 0 atom stereocenters. The normalized spacial score (nSPS) is 14.6. The minimum atomic E-state index is -0.123. The number of rotatable bonds is 9. The Kier molecular flexibility index (Phi) is 8.95. The Bertz CT molecular complexity index is 598. The van der Waals surface area contributed by atoms with Crippen LogP contribution in [0.1, 0.15) is 64.4 Å². The number of nitrogens with one attached hydrogen (secondary N) is 3. The summed E-state index contributed by atoms with van der Waals surface area (Å²) in [5, 5.41) is 8.77. The molecule has 0 unspecified atom stereocenters. The van der Waals surface area contributed by atoms with Crippen LogP contribution >= 0.6 is 0 Å². The molecular formula is C21H33N3O3. The maximum absolute atomic E-state index is 12.0. The molecule has 0 bridgehead atoms. The predicted octanol–water partition coefficient (Wildman–Crippen LogP) is 3.50. The molecule has 0 spiro atoms. The number of amides is 3. The van der Waals surface area contributed by atoms with E-state index in [9.17, 15) is 9.59 Å². The number of ether oxygens (including phenoxy) is 1. The molecule has 6 heteroatoms. The Labute approximate surface area is 162 Å². The SMILES string of the molecule is CC(C)Oc1ccccc1CNC(=O)CCCNC(=O)NC1CCCCC1. The summed E-state index contributed by atoms with van der Waals surface area (Å²) in [6, 6.07) is 7.90. The lowest BCUT2D eigenvalue weighted by Gasteiger charge is -2.22. The molecule has 0 aromatic heterocycles. The van der Waals surface area contributed by atoms with Gasteiger partial charge in [-0.3, -0.25) is 4.79 Å². The summed E-state index contributed by atoms with van der Waals surface area (Å²) in [5.41, 5.74) is 0.963. The van der Waals surface area contributed by atoms with E-state index in [1.807, 2.05) is 38.1 Å². The summed E-state index contributed by atoms with van der Waals surface area (Å²) in [6.45, 7) is 4.90. The van der Waals surface area contributed by atoms with Gasteiger partial charge in [-0.05, 0) is 39.2 Å². The van der Waals surface area contributed by atoms with E-state index in [2.05, 4.69) is 16.0 Å². The van der Waals surface area contributed by atoms with E-state index in [1.165, 1.54) is 19.3 Å². The molecule has 6 nitrogen and oxygen atoms in total. The van der Waals surface area contributed by atoms with Gasteiger partial charge < -0.3 is 20.7 Å². The molecule has 1 saturated carbocycles. The summed E-state index contributed by atoms with van der Waals surface area (Å²) >= 11 is 0. The van der Waals surface area contributed by atoms with Gasteiger partial charge in [0.2, 0.25) is 5.91 Å². The van der Waals surface area contributed by atoms with Crippen molar-refractivity contribution in [1.29, 1.82) is 0 Å². The third-order valence-corrected chi connectivity index (χ3v) is 4.62. The highest BCUT2D eigenvalue weighted by atomic mass is 16.5. The molecule has 1 aliphatic rings. The van der Waals surface area contributed by atoms with Crippen LogP contribution in [0.5, 0.6) is 5.75 Å². The number of hydrogen-bond acceptors (Lipinski definition) is 3. The van der Waals surface area contributed by atoms with E-state index in [0.717, 1.165) is 24.2 Å². The van der Waals surface area contributed by atoms with E-state index >= 15 is 0 Å². The molecule has 0 saturated heterocycles. The quantitative estimate of drug-likeness (QED) is 0.578. The Morgan fingerprint density at radius 3 is 2.59 bits per heavy atom. The van der Waals surface area contributed by atoms with Crippen LogP contribution in [-0.2, 0) is 11.3 Å². The maximum atomic E-state index is 12.0. The van der Waals surface area contributed by atoms with E-state index in [-0.39, 0.29) is 18.0 Å². The molecule has 27 heavy (non-hydrogen) atoms. The van der Waals surface area contributed by atoms with Gasteiger partial charge in [-0.2, -0.15) is 0 Å². The van der Waals surface area contributed by atoms with Crippen LogP contribution in [0, 0.1) is 0 Å². The minimum absolute atomic E-state index is 0.0242. The standard InChI is InChI=1S/C21H33N3O3/c1-16(2)27-19-12-7-6-9-17(19)15-23-20(25)13-8-14-22-21(26)24-18-10-4-3-5-11-18/h6-7,9,12,16,18H,3-5,8,10-11,13-15H2,1-2H3,(H,23,25)(H2,22,24,26). The van der Waals surface area contributed by atoms with Gasteiger partial charge in [0.05, 0.1) is 6.10 Å². The molecule has 1 aliphatic carbocycles. The van der Waals surface area contributed by atoms with E-state index in [1.54, 1.807) is 0 Å².